The summed E-state index contributed by atoms with van der Waals surface area (Å²) in [5, 5.41) is 5.68. The van der Waals surface area contributed by atoms with Crippen molar-refractivity contribution in [1.29, 1.82) is 0 Å². The molecule has 2 aromatic carbocycles. The Hall–Kier alpha value is -2.37. The van der Waals surface area contributed by atoms with Crippen molar-refractivity contribution in [3.8, 4) is 0 Å². The highest BCUT2D eigenvalue weighted by Crippen LogP contribution is 2.12. The number of halogens is 1. The van der Waals surface area contributed by atoms with Crippen LogP contribution >= 0.6 is 11.6 Å². The predicted octanol–water partition coefficient (Wildman–Crippen LogP) is 1.94. The second-order valence-electron chi connectivity index (χ2n) is 5.84. The van der Waals surface area contributed by atoms with E-state index in [1.807, 2.05) is 61.6 Å². The van der Waals surface area contributed by atoms with Crippen LogP contribution in [-0.2, 0) is 11.3 Å². The minimum atomic E-state index is -0.500. The summed E-state index contributed by atoms with van der Waals surface area (Å²) in [6.45, 7) is 2.89. The van der Waals surface area contributed by atoms with Gasteiger partial charge in [0.05, 0.1) is 7.05 Å². The maximum absolute atomic E-state index is 12.7. The molecule has 2 aromatic rings. The molecule has 0 bridgehead atoms. The summed E-state index contributed by atoms with van der Waals surface area (Å²) in [5.41, 5.74) is 1.92. The molecule has 5 nitrogen and oxygen atoms in total. The van der Waals surface area contributed by atoms with Crippen LogP contribution in [0.15, 0.2) is 54.6 Å². The number of hydrogen-bond acceptors (Lipinski definition) is 2. The van der Waals surface area contributed by atoms with Gasteiger partial charge in [-0.3, -0.25) is 10.1 Å². The molecule has 1 unspecified atom stereocenters. The number of carbonyl (C=O) groups excluding carboxylic acids is 2. The highest BCUT2D eigenvalue weighted by Gasteiger charge is 2.30. The SMILES string of the molecule is CCNC(=O)NC(=O)[C@H](c1ccccc1)[NH+](C)Cc1ccc(Cl)cc1. The van der Waals surface area contributed by atoms with Crippen molar-refractivity contribution in [2.45, 2.75) is 19.5 Å². The number of carbonyl (C=O) groups is 2. The quantitative estimate of drug-likeness (QED) is 0.737. The van der Waals surface area contributed by atoms with Crippen LogP contribution < -0.4 is 15.5 Å². The molecule has 0 radical (unpaired) electrons. The molecule has 3 N–H and O–H groups in total. The number of benzene rings is 2. The molecule has 0 aliphatic rings. The lowest BCUT2D eigenvalue weighted by atomic mass is 10.0. The number of likely N-dealkylation sites (N-methyl/N-ethyl adjacent to an activating group) is 1. The van der Waals surface area contributed by atoms with Gasteiger partial charge in [-0.15, -0.1) is 0 Å². The lowest BCUT2D eigenvalue weighted by Gasteiger charge is -2.24. The summed E-state index contributed by atoms with van der Waals surface area (Å²) in [6, 6.07) is 16.0. The van der Waals surface area contributed by atoms with Crippen LogP contribution in [0.2, 0.25) is 5.02 Å². The smallest absolute Gasteiger partial charge is 0.321 e. The number of urea groups is 1. The maximum atomic E-state index is 12.7. The highest BCUT2D eigenvalue weighted by atomic mass is 35.5. The van der Waals surface area contributed by atoms with E-state index < -0.39 is 12.1 Å². The monoisotopic (exact) mass is 360 g/mol. The van der Waals surface area contributed by atoms with Gasteiger partial charge in [-0.1, -0.05) is 54.1 Å². The van der Waals surface area contributed by atoms with Gasteiger partial charge in [0.15, 0.2) is 6.04 Å². The summed E-state index contributed by atoms with van der Waals surface area (Å²) in [6.07, 6.45) is 0. The fourth-order valence-corrected chi connectivity index (χ4v) is 2.85. The lowest BCUT2D eigenvalue weighted by Crippen LogP contribution is -3.09. The number of hydrogen-bond donors (Lipinski definition) is 3. The van der Waals surface area contributed by atoms with Gasteiger partial charge in [-0.05, 0) is 19.1 Å². The standard InChI is InChI=1S/C19H22ClN3O2/c1-3-21-19(25)22-18(24)17(15-7-5-4-6-8-15)23(2)13-14-9-11-16(20)12-10-14/h4-12,17H,3,13H2,1-2H3,(H2,21,22,24,25)/p+1/t17-/m0/s1. The molecule has 0 spiro atoms. The third kappa shape index (κ3) is 5.59. The Morgan fingerprint density at radius 1 is 1.08 bits per heavy atom. The van der Waals surface area contributed by atoms with Gasteiger partial charge in [-0.2, -0.15) is 0 Å². The largest absolute Gasteiger partial charge is 0.338 e. The molecule has 0 fully saturated rings. The topological polar surface area (TPSA) is 62.6 Å². The second-order valence-corrected chi connectivity index (χ2v) is 6.28. The van der Waals surface area contributed by atoms with E-state index in [2.05, 4.69) is 10.6 Å². The van der Waals surface area contributed by atoms with Gasteiger partial charge in [0.2, 0.25) is 0 Å². The second kappa shape index (κ2) is 9.20. The molecule has 0 aromatic heterocycles. The fourth-order valence-electron chi connectivity index (χ4n) is 2.72. The zero-order chi connectivity index (χ0) is 18.2. The van der Waals surface area contributed by atoms with Gasteiger partial charge in [0.25, 0.3) is 5.91 Å². The molecule has 2 rings (SSSR count). The van der Waals surface area contributed by atoms with Gasteiger partial charge in [-0.25, -0.2) is 4.79 Å². The van der Waals surface area contributed by atoms with Crippen molar-refractivity contribution in [3.05, 3.63) is 70.7 Å². The molecular weight excluding hydrogens is 338 g/mol. The molecule has 0 saturated heterocycles. The van der Waals surface area contributed by atoms with Gasteiger partial charge in [0.1, 0.15) is 6.54 Å². The minimum Gasteiger partial charge on any atom is -0.338 e. The van der Waals surface area contributed by atoms with Crippen LogP contribution in [0.25, 0.3) is 0 Å². The van der Waals surface area contributed by atoms with Crippen LogP contribution in [0.4, 0.5) is 4.79 Å². The van der Waals surface area contributed by atoms with E-state index in [0.717, 1.165) is 16.0 Å². The summed E-state index contributed by atoms with van der Waals surface area (Å²) < 4.78 is 0. The van der Waals surface area contributed by atoms with Crippen molar-refractivity contribution < 1.29 is 14.5 Å². The van der Waals surface area contributed by atoms with Gasteiger partial charge < -0.3 is 10.2 Å². The number of rotatable bonds is 6. The molecule has 3 amide bonds. The number of imide groups is 1. The van der Waals surface area contributed by atoms with E-state index in [1.165, 1.54) is 0 Å². The molecule has 132 valence electrons. The molecule has 6 heteroatoms. The van der Waals surface area contributed by atoms with E-state index in [1.54, 1.807) is 6.92 Å². The van der Waals surface area contributed by atoms with Crippen molar-refractivity contribution in [3.63, 3.8) is 0 Å². The molecular formula is C19H23ClN3O2+. The number of amides is 3. The van der Waals surface area contributed by atoms with Crippen LogP contribution in [0, 0.1) is 0 Å². The molecule has 0 saturated carbocycles. The highest BCUT2D eigenvalue weighted by molar-refractivity contribution is 6.30. The van der Waals surface area contributed by atoms with Crippen LogP contribution in [0.3, 0.4) is 0 Å². The van der Waals surface area contributed by atoms with E-state index in [0.29, 0.717) is 18.1 Å². The average molecular weight is 361 g/mol. The van der Waals surface area contributed by atoms with Crippen molar-refractivity contribution >= 4 is 23.5 Å². The van der Waals surface area contributed by atoms with Crippen LogP contribution in [-0.4, -0.2) is 25.5 Å². The first kappa shape index (κ1) is 19.0. The first-order valence-electron chi connectivity index (χ1n) is 8.21. The molecule has 0 heterocycles. The van der Waals surface area contributed by atoms with Crippen molar-refractivity contribution in [2.24, 2.45) is 0 Å². The van der Waals surface area contributed by atoms with Crippen LogP contribution in [0.1, 0.15) is 24.1 Å². The summed E-state index contributed by atoms with van der Waals surface area (Å²) >= 11 is 5.93. The Bertz CT molecular complexity index is 704. The van der Waals surface area contributed by atoms with E-state index in [-0.39, 0.29) is 5.91 Å². The first-order chi connectivity index (χ1) is 12.0. The summed E-state index contributed by atoms with van der Waals surface area (Å²) in [5.74, 6) is -0.330. The lowest BCUT2D eigenvalue weighted by molar-refractivity contribution is -0.916. The number of quaternary nitrogens is 1. The summed E-state index contributed by atoms with van der Waals surface area (Å²) in [4.78, 5) is 25.4. The summed E-state index contributed by atoms with van der Waals surface area (Å²) in [7, 11) is 1.93. The zero-order valence-electron chi connectivity index (χ0n) is 14.4. The third-order valence-corrected chi connectivity index (χ3v) is 4.11. The number of nitrogens with one attached hydrogen (secondary N) is 3. The third-order valence-electron chi connectivity index (χ3n) is 3.86. The van der Waals surface area contributed by atoms with E-state index in [4.69, 9.17) is 11.6 Å². The normalized spacial score (nSPS) is 12.9. The van der Waals surface area contributed by atoms with E-state index in [9.17, 15) is 9.59 Å². The first-order valence-corrected chi connectivity index (χ1v) is 8.59. The average Bonchev–Trinajstić information content (AvgIpc) is 2.58. The van der Waals surface area contributed by atoms with Gasteiger partial charge >= 0.3 is 6.03 Å². The molecule has 0 aliphatic heterocycles. The minimum absolute atomic E-state index is 0.330. The maximum Gasteiger partial charge on any atom is 0.321 e. The Balaban J connectivity index is 2.20. The predicted molar refractivity (Wildman–Crippen MR) is 98.4 cm³/mol. The molecule has 25 heavy (non-hydrogen) atoms. The van der Waals surface area contributed by atoms with E-state index >= 15 is 0 Å². The van der Waals surface area contributed by atoms with Crippen molar-refractivity contribution in [2.75, 3.05) is 13.6 Å². The Morgan fingerprint density at radius 3 is 2.32 bits per heavy atom. The zero-order valence-corrected chi connectivity index (χ0v) is 15.1. The Morgan fingerprint density at radius 2 is 1.72 bits per heavy atom. The fraction of sp³-hybridized carbons (Fsp3) is 0.263. The Kier molecular flexibility index (Phi) is 6.98. The molecule has 2 atom stereocenters. The van der Waals surface area contributed by atoms with Crippen LogP contribution in [0.5, 0.6) is 0 Å². The molecule has 0 aliphatic carbocycles. The van der Waals surface area contributed by atoms with Crippen molar-refractivity contribution in [1.82, 2.24) is 10.6 Å². The van der Waals surface area contributed by atoms with Gasteiger partial charge in [0, 0.05) is 22.7 Å². The Labute approximate surface area is 153 Å².